The molecular weight excluding hydrogens is 232 g/mol. The minimum atomic E-state index is -0.610. The summed E-state index contributed by atoms with van der Waals surface area (Å²) in [6.45, 7) is 9.00. The van der Waals surface area contributed by atoms with Crippen LogP contribution in [0.1, 0.15) is 39.4 Å². The van der Waals surface area contributed by atoms with Crippen LogP contribution in [0, 0.1) is 0 Å². The first-order valence-corrected chi connectivity index (χ1v) is 6.38. The van der Waals surface area contributed by atoms with Crippen molar-refractivity contribution in [2.75, 3.05) is 19.8 Å². The molecule has 0 saturated heterocycles. The topological polar surface area (TPSA) is 47.9 Å². The van der Waals surface area contributed by atoms with Crippen LogP contribution in [0.15, 0.2) is 12.1 Å². The van der Waals surface area contributed by atoms with Crippen molar-refractivity contribution in [1.82, 2.24) is 0 Å². The van der Waals surface area contributed by atoms with Gasteiger partial charge in [0.2, 0.25) is 5.75 Å². The quantitative estimate of drug-likeness (QED) is 0.812. The highest BCUT2D eigenvalue weighted by molar-refractivity contribution is 5.56. The predicted molar refractivity (Wildman–Crippen MR) is 70.6 cm³/mol. The van der Waals surface area contributed by atoms with E-state index in [0.29, 0.717) is 42.6 Å². The van der Waals surface area contributed by atoms with Gasteiger partial charge in [0.15, 0.2) is 11.5 Å². The van der Waals surface area contributed by atoms with Crippen LogP contribution in [0.5, 0.6) is 17.2 Å². The van der Waals surface area contributed by atoms with Crippen LogP contribution in [0.2, 0.25) is 0 Å². The van der Waals surface area contributed by atoms with Gasteiger partial charge in [-0.15, -0.1) is 0 Å². The van der Waals surface area contributed by atoms with Crippen LogP contribution in [0.25, 0.3) is 0 Å². The van der Waals surface area contributed by atoms with Crippen molar-refractivity contribution in [3.8, 4) is 17.2 Å². The molecule has 0 saturated carbocycles. The van der Waals surface area contributed by atoms with E-state index in [1.165, 1.54) is 0 Å². The molecule has 102 valence electrons. The Morgan fingerprint density at radius 1 is 0.944 bits per heavy atom. The second-order valence-electron chi connectivity index (χ2n) is 3.79. The lowest BCUT2D eigenvalue weighted by atomic mass is 10.1. The van der Waals surface area contributed by atoms with Gasteiger partial charge in [-0.05, 0) is 39.8 Å². The van der Waals surface area contributed by atoms with E-state index in [9.17, 15) is 5.11 Å². The fraction of sp³-hybridized carbons (Fsp3) is 0.571. The summed E-state index contributed by atoms with van der Waals surface area (Å²) < 4.78 is 16.7. The van der Waals surface area contributed by atoms with Crippen LogP contribution >= 0.6 is 0 Å². The molecule has 0 radical (unpaired) electrons. The number of rotatable bonds is 7. The number of benzene rings is 1. The minimum Gasteiger partial charge on any atom is -0.490 e. The third-order valence-electron chi connectivity index (χ3n) is 2.43. The van der Waals surface area contributed by atoms with Crippen molar-refractivity contribution in [3.63, 3.8) is 0 Å². The van der Waals surface area contributed by atoms with Gasteiger partial charge in [-0.3, -0.25) is 0 Å². The number of hydrogen-bond donors (Lipinski definition) is 1. The summed E-state index contributed by atoms with van der Waals surface area (Å²) in [5.41, 5.74) is 0.712. The fourth-order valence-electron chi connectivity index (χ4n) is 1.73. The summed E-state index contributed by atoms with van der Waals surface area (Å²) in [5, 5.41) is 9.77. The van der Waals surface area contributed by atoms with Crippen molar-refractivity contribution in [2.24, 2.45) is 0 Å². The molecule has 0 aliphatic rings. The van der Waals surface area contributed by atoms with E-state index in [0.717, 1.165) is 0 Å². The molecule has 1 N–H and O–H groups in total. The molecule has 0 heterocycles. The molecule has 0 amide bonds. The summed E-state index contributed by atoms with van der Waals surface area (Å²) in [6, 6.07) is 3.61. The first-order chi connectivity index (χ1) is 8.65. The van der Waals surface area contributed by atoms with Crippen LogP contribution in [0.3, 0.4) is 0 Å². The molecule has 18 heavy (non-hydrogen) atoms. The van der Waals surface area contributed by atoms with Crippen molar-refractivity contribution >= 4 is 0 Å². The summed E-state index contributed by atoms with van der Waals surface area (Å²) in [5.74, 6) is 1.78. The Morgan fingerprint density at radius 3 is 2.00 bits per heavy atom. The van der Waals surface area contributed by atoms with Crippen molar-refractivity contribution in [1.29, 1.82) is 0 Å². The van der Waals surface area contributed by atoms with E-state index < -0.39 is 6.10 Å². The third kappa shape index (κ3) is 3.29. The smallest absolute Gasteiger partial charge is 0.203 e. The van der Waals surface area contributed by atoms with Gasteiger partial charge in [-0.1, -0.05) is 0 Å². The minimum absolute atomic E-state index is 0.509. The molecule has 1 rings (SSSR count). The van der Waals surface area contributed by atoms with Crippen LogP contribution in [0.4, 0.5) is 0 Å². The molecule has 1 aromatic carbocycles. The average molecular weight is 254 g/mol. The van der Waals surface area contributed by atoms with Crippen molar-refractivity contribution < 1.29 is 19.3 Å². The van der Waals surface area contributed by atoms with Crippen LogP contribution < -0.4 is 14.2 Å². The first-order valence-electron chi connectivity index (χ1n) is 6.38. The van der Waals surface area contributed by atoms with Gasteiger partial charge in [-0.25, -0.2) is 0 Å². The Kier molecular flexibility index (Phi) is 5.78. The number of ether oxygens (including phenoxy) is 3. The third-order valence-corrected chi connectivity index (χ3v) is 2.43. The molecule has 0 aliphatic carbocycles. The maximum absolute atomic E-state index is 9.77. The number of aliphatic hydroxyl groups excluding tert-OH is 1. The molecule has 0 aliphatic heterocycles. The zero-order chi connectivity index (χ0) is 13.5. The molecule has 1 atom stereocenters. The summed E-state index contributed by atoms with van der Waals surface area (Å²) in [4.78, 5) is 0. The highest BCUT2D eigenvalue weighted by atomic mass is 16.5. The number of aliphatic hydroxyl groups is 1. The summed E-state index contributed by atoms with van der Waals surface area (Å²) in [6.07, 6.45) is -0.610. The Balaban J connectivity index is 3.28. The second kappa shape index (κ2) is 7.11. The fourth-order valence-corrected chi connectivity index (χ4v) is 1.73. The lowest BCUT2D eigenvalue weighted by molar-refractivity contribution is 0.188. The Labute approximate surface area is 108 Å². The van der Waals surface area contributed by atoms with E-state index in [1.807, 2.05) is 26.8 Å². The van der Waals surface area contributed by atoms with Gasteiger partial charge >= 0.3 is 0 Å². The van der Waals surface area contributed by atoms with E-state index in [1.54, 1.807) is 13.0 Å². The van der Waals surface area contributed by atoms with Gasteiger partial charge < -0.3 is 19.3 Å². The van der Waals surface area contributed by atoms with E-state index >= 15 is 0 Å². The Bertz CT molecular complexity index is 374. The van der Waals surface area contributed by atoms with Gasteiger partial charge in [0.05, 0.1) is 25.9 Å². The lowest BCUT2D eigenvalue weighted by Crippen LogP contribution is -2.06. The van der Waals surface area contributed by atoms with Crippen molar-refractivity contribution in [3.05, 3.63) is 17.7 Å². The van der Waals surface area contributed by atoms with Crippen LogP contribution in [-0.4, -0.2) is 24.9 Å². The molecule has 4 heteroatoms. The molecule has 4 nitrogen and oxygen atoms in total. The number of hydrogen-bond acceptors (Lipinski definition) is 4. The average Bonchev–Trinajstić information content (AvgIpc) is 2.33. The van der Waals surface area contributed by atoms with E-state index in [2.05, 4.69) is 0 Å². The first kappa shape index (κ1) is 14.6. The molecule has 1 unspecified atom stereocenters. The maximum atomic E-state index is 9.77. The van der Waals surface area contributed by atoms with Crippen molar-refractivity contribution in [2.45, 2.75) is 33.8 Å². The molecule has 0 fully saturated rings. The molecule has 1 aromatic rings. The molecular formula is C14H22O4. The summed E-state index contributed by atoms with van der Waals surface area (Å²) >= 11 is 0. The maximum Gasteiger partial charge on any atom is 0.203 e. The second-order valence-corrected chi connectivity index (χ2v) is 3.79. The SMILES string of the molecule is CCOc1ccc(C(C)O)c(OCC)c1OCC. The van der Waals surface area contributed by atoms with Gasteiger partial charge in [0, 0.05) is 5.56 Å². The van der Waals surface area contributed by atoms with E-state index in [4.69, 9.17) is 14.2 Å². The lowest BCUT2D eigenvalue weighted by Gasteiger charge is -2.19. The van der Waals surface area contributed by atoms with Gasteiger partial charge in [0.25, 0.3) is 0 Å². The molecule has 0 spiro atoms. The molecule has 0 bridgehead atoms. The normalized spacial score (nSPS) is 12.1. The van der Waals surface area contributed by atoms with Gasteiger partial charge in [0.1, 0.15) is 0 Å². The highest BCUT2D eigenvalue weighted by Crippen LogP contribution is 2.42. The van der Waals surface area contributed by atoms with Gasteiger partial charge in [-0.2, -0.15) is 0 Å². The monoisotopic (exact) mass is 254 g/mol. The van der Waals surface area contributed by atoms with E-state index in [-0.39, 0.29) is 0 Å². The van der Waals surface area contributed by atoms with Crippen LogP contribution in [-0.2, 0) is 0 Å². The predicted octanol–water partition coefficient (Wildman–Crippen LogP) is 2.94. The largest absolute Gasteiger partial charge is 0.490 e. The Hall–Kier alpha value is -1.42. The zero-order valence-electron chi connectivity index (χ0n) is 11.5. The standard InChI is InChI=1S/C14H22O4/c1-5-16-12-9-8-11(10(4)15)13(17-6-2)14(12)18-7-3/h8-10,15H,5-7H2,1-4H3. The molecule has 0 aromatic heterocycles. The highest BCUT2D eigenvalue weighted by Gasteiger charge is 2.19. The summed E-state index contributed by atoms with van der Waals surface area (Å²) in [7, 11) is 0. The Morgan fingerprint density at radius 2 is 1.50 bits per heavy atom. The zero-order valence-corrected chi connectivity index (χ0v) is 11.5.